The van der Waals surface area contributed by atoms with Crippen molar-refractivity contribution in [1.29, 1.82) is 0 Å². The molecule has 0 saturated heterocycles. The number of hydrogen-bond donors (Lipinski definition) is 2. The molecule has 0 atom stereocenters. The molecule has 5 nitrogen and oxygen atoms in total. The normalized spacial score (nSPS) is 9.92. The van der Waals surface area contributed by atoms with Crippen LogP contribution in [0.25, 0.3) is 0 Å². The number of nitrogens with two attached hydrogens (primary N) is 1. The Labute approximate surface area is 74.4 Å². The molecule has 0 unspecified atom stereocenters. The van der Waals surface area contributed by atoms with E-state index in [0.717, 1.165) is 4.57 Å². The van der Waals surface area contributed by atoms with E-state index < -0.39 is 5.97 Å². The van der Waals surface area contributed by atoms with Crippen LogP contribution in [0, 0.1) is 0 Å². The van der Waals surface area contributed by atoms with Crippen molar-refractivity contribution in [3.63, 3.8) is 0 Å². The monoisotopic (exact) mass is 182 g/mol. The highest BCUT2D eigenvalue weighted by Crippen LogP contribution is 1.92. The van der Waals surface area contributed by atoms with Crippen molar-refractivity contribution in [2.24, 2.45) is 5.73 Å². The fourth-order valence-electron chi connectivity index (χ4n) is 0.952. The van der Waals surface area contributed by atoms with E-state index in [-0.39, 0.29) is 18.6 Å². The largest absolute Gasteiger partial charge is 0.480 e. The van der Waals surface area contributed by atoms with Gasteiger partial charge in [0, 0.05) is 18.8 Å². The predicted molar refractivity (Wildman–Crippen MR) is 46.2 cm³/mol. The van der Waals surface area contributed by atoms with Gasteiger partial charge in [-0.1, -0.05) is 0 Å². The van der Waals surface area contributed by atoms with Crippen LogP contribution in [0.1, 0.15) is 5.56 Å². The van der Waals surface area contributed by atoms with Gasteiger partial charge in [0.05, 0.1) is 0 Å². The highest BCUT2D eigenvalue weighted by Gasteiger charge is 2.01. The number of aliphatic carboxylic acids is 1. The summed E-state index contributed by atoms with van der Waals surface area (Å²) in [4.78, 5) is 21.5. The fourth-order valence-corrected chi connectivity index (χ4v) is 0.952. The van der Waals surface area contributed by atoms with E-state index in [0.29, 0.717) is 5.56 Å². The van der Waals surface area contributed by atoms with Gasteiger partial charge in [0.25, 0.3) is 5.56 Å². The Hall–Kier alpha value is -1.62. The Morgan fingerprint density at radius 2 is 2.31 bits per heavy atom. The average molecular weight is 182 g/mol. The molecule has 0 aliphatic carbocycles. The molecule has 0 aromatic carbocycles. The summed E-state index contributed by atoms with van der Waals surface area (Å²) in [6.07, 6.45) is 1.43. The van der Waals surface area contributed by atoms with Gasteiger partial charge < -0.3 is 15.4 Å². The molecule has 13 heavy (non-hydrogen) atoms. The quantitative estimate of drug-likeness (QED) is 0.653. The molecular formula is C8H10N2O3. The maximum atomic E-state index is 11.2. The minimum atomic E-state index is -1.04. The number of rotatable bonds is 3. The zero-order valence-electron chi connectivity index (χ0n) is 6.93. The molecule has 1 aromatic rings. The summed E-state index contributed by atoms with van der Waals surface area (Å²) in [5.41, 5.74) is 5.66. The summed E-state index contributed by atoms with van der Waals surface area (Å²) in [6, 6.07) is 2.97. The number of carboxylic acid groups (broad SMARTS) is 1. The van der Waals surface area contributed by atoms with Crippen LogP contribution in [-0.4, -0.2) is 15.6 Å². The summed E-state index contributed by atoms with van der Waals surface area (Å²) < 4.78 is 1.11. The Morgan fingerprint density at radius 3 is 2.77 bits per heavy atom. The molecule has 0 aliphatic heterocycles. The van der Waals surface area contributed by atoms with Crippen LogP contribution >= 0.6 is 0 Å². The second-order valence-corrected chi connectivity index (χ2v) is 2.60. The first-order valence-corrected chi connectivity index (χ1v) is 3.74. The lowest BCUT2D eigenvalue weighted by Gasteiger charge is -2.02. The standard InChI is InChI=1S/C8H10N2O3/c9-4-6-1-2-10(5-8(12)13)7(11)3-6/h1-3H,4-5,9H2,(H,12,13). The smallest absolute Gasteiger partial charge is 0.323 e. The van der Waals surface area contributed by atoms with E-state index >= 15 is 0 Å². The third kappa shape index (κ3) is 2.41. The number of carbonyl (C=O) groups is 1. The molecule has 0 radical (unpaired) electrons. The minimum Gasteiger partial charge on any atom is -0.480 e. The first-order chi connectivity index (χ1) is 6.13. The number of carboxylic acids is 1. The number of pyridine rings is 1. The van der Waals surface area contributed by atoms with Gasteiger partial charge in [0.1, 0.15) is 6.54 Å². The van der Waals surface area contributed by atoms with Gasteiger partial charge in [-0.25, -0.2) is 0 Å². The molecule has 70 valence electrons. The van der Waals surface area contributed by atoms with Crippen molar-refractivity contribution in [1.82, 2.24) is 4.57 Å². The van der Waals surface area contributed by atoms with Gasteiger partial charge in [0.15, 0.2) is 0 Å². The van der Waals surface area contributed by atoms with E-state index in [1.165, 1.54) is 12.3 Å². The lowest BCUT2D eigenvalue weighted by atomic mass is 10.3. The van der Waals surface area contributed by atoms with Crippen molar-refractivity contribution in [2.45, 2.75) is 13.1 Å². The van der Waals surface area contributed by atoms with Gasteiger partial charge in [-0.15, -0.1) is 0 Å². The maximum absolute atomic E-state index is 11.2. The number of nitrogens with zero attached hydrogens (tertiary/aromatic N) is 1. The van der Waals surface area contributed by atoms with E-state index in [4.69, 9.17) is 10.8 Å². The van der Waals surface area contributed by atoms with Crippen molar-refractivity contribution in [2.75, 3.05) is 0 Å². The SMILES string of the molecule is NCc1ccn(CC(=O)O)c(=O)c1. The molecule has 0 saturated carbocycles. The lowest BCUT2D eigenvalue weighted by molar-refractivity contribution is -0.137. The first kappa shape index (κ1) is 9.47. The van der Waals surface area contributed by atoms with Gasteiger partial charge in [-0.2, -0.15) is 0 Å². The fraction of sp³-hybridized carbons (Fsp3) is 0.250. The summed E-state index contributed by atoms with van der Waals surface area (Å²) in [6.45, 7) is -0.0349. The second-order valence-electron chi connectivity index (χ2n) is 2.60. The van der Waals surface area contributed by atoms with E-state index in [1.54, 1.807) is 6.07 Å². The third-order valence-electron chi connectivity index (χ3n) is 1.60. The molecule has 1 aromatic heterocycles. The average Bonchev–Trinajstić information content (AvgIpc) is 2.08. The van der Waals surface area contributed by atoms with Crippen molar-refractivity contribution in [3.05, 3.63) is 34.2 Å². The van der Waals surface area contributed by atoms with Crippen LogP contribution in [-0.2, 0) is 17.9 Å². The maximum Gasteiger partial charge on any atom is 0.323 e. The molecule has 0 fully saturated rings. The van der Waals surface area contributed by atoms with E-state index in [1.807, 2.05) is 0 Å². The van der Waals surface area contributed by atoms with Crippen molar-refractivity contribution >= 4 is 5.97 Å². The van der Waals surface area contributed by atoms with Crippen molar-refractivity contribution < 1.29 is 9.90 Å². The Kier molecular flexibility index (Phi) is 2.81. The van der Waals surface area contributed by atoms with Crippen LogP contribution in [0.2, 0.25) is 0 Å². The van der Waals surface area contributed by atoms with Crippen LogP contribution in [0.15, 0.2) is 23.1 Å². The third-order valence-corrected chi connectivity index (χ3v) is 1.60. The lowest BCUT2D eigenvalue weighted by Crippen LogP contribution is -2.23. The van der Waals surface area contributed by atoms with Crippen LogP contribution < -0.4 is 11.3 Å². The van der Waals surface area contributed by atoms with Crippen LogP contribution in [0.3, 0.4) is 0 Å². The summed E-state index contributed by atoms with van der Waals surface area (Å²) in [5, 5.41) is 8.43. The van der Waals surface area contributed by atoms with Crippen molar-refractivity contribution in [3.8, 4) is 0 Å². The number of hydrogen-bond acceptors (Lipinski definition) is 3. The molecule has 0 amide bonds. The Morgan fingerprint density at radius 1 is 1.62 bits per heavy atom. The topological polar surface area (TPSA) is 85.3 Å². The Bertz CT molecular complexity index is 370. The summed E-state index contributed by atoms with van der Waals surface area (Å²) >= 11 is 0. The highest BCUT2D eigenvalue weighted by molar-refractivity contribution is 5.66. The minimum absolute atomic E-state index is 0.281. The van der Waals surface area contributed by atoms with Gasteiger partial charge in [0.2, 0.25) is 0 Å². The Balaban J connectivity index is 2.99. The molecule has 3 N–H and O–H groups in total. The molecule has 0 spiro atoms. The first-order valence-electron chi connectivity index (χ1n) is 3.74. The molecular weight excluding hydrogens is 172 g/mol. The predicted octanol–water partition coefficient (Wildman–Crippen LogP) is -0.608. The summed E-state index contributed by atoms with van der Waals surface area (Å²) in [7, 11) is 0. The molecule has 0 aliphatic rings. The second kappa shape index (κ2) is 3.86. The van der Waals surface area contributed by atoms with Crippen LogP contribution in [0.4, 0.5) is 0 Å². The zero-order chi connectivity index (χ0) is 9.84. The zero-order valence-corrected chi connectivity index (χ0v) is 6.93. The highest BCUT2D eigenvalue weighted by atomic mass is 16.4. The molecule has 0 bridgehead atoms. The number of aromatic nitrogens is 1. The molecule has 1 heterocycles. The molecule has 1 rings (SSSR count). The van der Waals surface area contributed by atoms with Gasteiger partial charge in [-0.05, 0) is 11.6 Å². The summed E-state index contributed by atoms with van der Waals surface area (Å²) in [5.74, 6) is -1.04. The van der Waals surface area contributed by atoms with E-state index in [2.05, 4.69) is 0 Å². The molecule has 5 heteroatoms. The van der Waals surface area contributed by atoms with Crippen LogP contribution in [0.5, 0.6) is 0 Å². The van der Waals surface area contributed by atoms with Gasteiger partial charge >= 0.3 is 5.97 Å². The van der Waals surface area contributed by atoms with Gasteiger partial charge in [-0.3, -0.25) is 9.59 Å². The van der Waals surface area contributed by atoms with E-state index in [9.17, 15) is 9.59 Å².